The molecule has 0 fully saturated rings. The van der Waals surface area contributed by atoms with Crippen LogP contribution in [0.4, 0.5) is 5.69 Å². The zero-order valence-electron chi connectivity index (χ0n) is 17.8. The lowest BCUT2D eigenvalue weighted by atomic mass is 10.00. The molecule has 2 atom stereocenters. The number of thiol groups is 1. The van der Waals surface area contributed by atoms with Gasteiger partial charge >= 0.3 is 11.9 Å². The third kappa shape index (κ3) is 10.4. The number of carboxylic acids is 2. The smallest absolute Gasteiger partial charge is 0.335 e. The molecular weight excluding hydrogens is 430 g/mol. The van der Waals surface area contributed by atoms with Gasteiger partial charge < -0.3 is 27.0 Å². The number of carbonyl (C=O) groups is 3. The lowest BCUT2D eigenvalue weighted by Crippen LogP contribution is -2.29. The van der Waals surface area contributed by atoms with Crippen LogP contribution in [0.25, 0.3) is 0 Å². The van der Waals surface area contributed by atoms with Gasteiger partial charge in [-0.15, -0.1) is 0 Å². The largest absolute Gasteiger partial charge is 0.480 e. The molecule has 7 N–H and O–H groups in total. The highest BCUT2D eigenvalue weighted by Gasteiger charge is 2.18. The van der Waals surface area contributed by atoms with E-state index in [2.05, 4.69) is 17.9 Å². The number of unbranched alkanes of at least 4 members (excludes halogenated alkanes) is 1. The van der Waals surface area contributed by atoms with Gasteiger partial charge in [-0.25, -0.2) is 4.79 Å². The monoisotopic (exact) mass is 461 g/mol. The Kier molecular flexibility index (Phi) is 12.7. The molecule has 1 amide bonds. The summed E-state index contributed by atoms with van der Waals surface area (Å²) in [5, 5.41) is 20.1. The number of carbonyl (C=O) groups excluding carboxylic acids is 1. The minimum atomic E-state index is -1.02. The van der Waals surface area contributed by atoms with E-state index < -0.39 is 18.0 Å². The molecule has 0 radical (unpaired) electrons. The first-order valence-corrected chi connectivity index (χ1v) is 10.9. The second kappa shape index (κ2) is 15.0. The normalized spacial score (nSPS) is 12.1. The zero-order valence-corrected chi connectivity index (χ0v) is 18.7. The van der Waals surface area contributed by atoms with E-state index in [4.69, 9.17) is 21.7 Å². The quantitative estimate of drug-likeness (QED) is 0.222. The second-order valence-corrected chi connectivity index (χ2v) is 7.54. The molecule has 0 saturated heterocycles. The molecule has 1 unspecified atom stereocenters. The Morgan fingerprint density at radius 2 is 1.69 bits per heavy atom. The van der Waals surface area contributed by atoms with Crippen molar-refractivity contribution in [3.63, 3.8) is 0 Å². The van der Waals surface area contributed by atoms with Crippen molar-refractivity contribution in [1.82, 2.24) is 0 Å². The van der Waals surface area contributed by atoms with E-state index in [-0.39, 0.29) is 17.4 Å². The summed E-state index contributed by atoms with van der Waals surface area (Å²) in [4.78, 5) is 33.4. The van der Waals surface area contributed by atoms with Crippen molar-refractivity contribution in [2.75, 3.05) is 17.6 Å². The predicted molar refractivity (Wildman–Crippen MR) is 128 cm³/mol. The number of rotatable bonds is 11. The van der Waals surface area contributed by atoms with Crippen LogP contribution in [0.2, 0.25) is 0 Å². The highest BCUT2D eigenvalue weighted by Crippen LogP contribution is 2.15. The number of aliphatic carboxylic acids is 1. The fraction of sp³-hybridized carbons (Fsp3) is 0.348. The Morgan fingerprint density at radius 1 is 1.00 bits per heavy atom. The van der Waals surface area contributed by atoms with Crippen LogP contribution >= 0.6 is 12.6 Å². The highest BCUT2D eigenvalue weighted by atomic mass is 32.1. The molecular formula is C23H31N3O5S. The molecule has 0 aliphatic rings. The molecule has 0 spiro atoms. The number of anilines is 1. The number of aromatic carboxylic acids is 1. The molecule has 9 heteroatoms. The van der Waals surface area contributed by atoms with Crippen LogP contribution in [-0.2, 0) is 16.0 Å². The van der Waals surface area contributed by atoms with Gasteiger partial charge in [-0.05, 0) is 49.6 Å². The first-order valence-electron chi connectivity index (χ1n) is 10.3. The summed E-state index contributed by atoms with van der Waals surface area (Å²) in [5.74, 6) is -1.98. The summed E-state index contributed by atoms with van der Waals surface area (Å²) in [6.45, 7) is 0.604. The third-order valence-electron chi connectivity index (χ3n) is 4.58. The van der Waals surface area contributed by atoms with Gasteiger partial charge in [-0.1, -0.05) is 42.8 Å². The number of carboxylic acid groups (broad SMARTS) is 2. The number of nitrogens with one attached hydrogen (secondary N) is 1. The second-order valence-electron chi connectivity index (χ2n) is 7.17. The van der Waals surface area contributed by atoms with Gasteiger partial charge in [0.25, 0.3) is 0 Å². The molecule has 0 aliphatic heterocycles. The van der Waals surface area contributed by atoms with Gasteiger partial charge in [0.15, 0.2) is 0 Å². The molecule has 8 nitrogen and oxygen atoms in total. The molecule has 2 rings (SSSR count). The van der Waals surface area contributed by atoms with Gasteiger partial charge in [0, 0.05) is 11.4 Å². The number of hydrogen-bond acceptors (Lipinski definition) is 6. The minimum absolute atomic E-state index is 0.142. The van der Waals surface area contributed by atoms with Crippen LogP contribution in [0.5, 0.6) is 0 Å². The zero-order chi connectivity index (χ0) is 23.9. The number of hydrogen-bond donors (Lipinski definition) is 6. The average molecular weight is 462 g/mol. The molecule has 0 aliphatic carbocycles. The summed E-state index contributed by atoms with van der Waals surface area (Å²) < 4.78 is 0. The van der Waals surface area contributed by atoms with E-state index in [0.29, 0.717) is 30.8 Å². The van der Waals surface area contributed by atoms with E-state index in [0.717, 1.165) is 18.4 Å². The Bertz CT molecular complexity index is 864. The SMILES string of the molecule is NCCCC[C@H](N)C(=O)O.O=C(O)c1cccc(NC(=O)C(CS)Cc2ccccc2)c1. The van der Waals surface area contributed by atoms with Gasteiger partial charge in [0.05, 0.1) is 11.5 Å². The van der Waals surface area contributed by atoms with E-state index in [9.17, 15) is 14.4 Å². The van der Waals surface area contributed by atoms with Gasteiger partial charge in [0.1, 0.15) is 6.04 Å². The average Bonchev–Trinajstić information content (AvgIpc) is 2.78. The van der Waals surface area contributed by atoms with E-state index in [1.54, 1.807) is 12.1 Å². The van der Waals surface area contributed by atoms with Crippen LogP contribution in [-0.4, -0.2) is 46.4 Å². The molecule has 2 aromatic carbocycles. The number of benzene rings is 2. The lowest BCUT2D eigenvalue weighted by molar-refractivity contribution is -0.138. The summed E-state index contributed by atoms with van der Waals surface area (Å²) in [5.41, 5.74) is 12.1. The highest BCUT2D eigenvalue weighted by molar-refractivity contribution is 7.80. The maximum atomic E-state index is 12.3. The number of amides is 1. The van der Waals surface area contributed by atoms with Crippen molar-refractivity contribution in [3.8, 4) is 0 Å². The van der Waals surface area contributed by atoms with Crippen LogP contribution in [0.3, 0.4) is 0 Å². The molecule has 174 valence electrons. The summed E-state index contributed by atoms with van der Waals surface area (Å²) in [7, 11) is 0. The van der Waals surface area contributed by atoms with E-state index >= 15 is 0 Å². The van der Waals surface area contributed by atoms with Gasteiger partial charge in [-0.2, -0.15) is 12.6 Å². The maximum absolute atomic E-state index is 12.3. The first kappa shape index (κ1) is 27.2. The lowest BCUT2D eigenvalue weighted by Gasteiger charge is -2.15. The fourth-order valence-corrected chi connectivity index (χ4v) is 3.04. The Hall–Kier alpha value is -2.88. The van der Waals surface area contributed by atoms with Crippen molar-refractivity contribution in [2.24, 2.45) is 17.4 Å². The van der Waals surface area contributed by atoms with Crippen molar-refractivity contribution in [3.05, 3.63) is 65.7 Å². The van der Waals surface area contributed by atoms with Gasteiger partial charge in [-0.3, -0.25) is 9.59 Å². The summed E-state index contributed by atoms with van der Waals surface area (Å²) in [6.07, 6.45) is 2.76. The minimum Gasteiger partial charge on any atom is -0.480 e. The molecule has 0 aromatic heterocycles. The summed E-state index contributed by atoms with van der Waals surface area (Å²) >= 11 is 4.25. The van der Waals surface area contributed by atoms with E-state index in [1.165, 1.54) is 12.1 Å². The number of nitrogens with two attached hydrogens (primary N) is 2. The third-order valence-corrected chi connectivity index (χ3v) is 5.02. The Balaban J connectivity index is 0.000000433. The van der Waals surface area contributed by atoms with Crippen molar-refractivity contribution in [2.45, 2.75) is 31.7 Å². The van der Waals surface area contributed by atoms with Crippen LogP contribution in [0, 0.1) is 5.92 Å². The standard InChI is InChI=1S/C17H17NO3S.C6H14N2O2/c19-16(14(11-22)9-12-5-2-1-3-6-12)18-15-8-4-7-13(10-15)17(20)21;7-4-2-1-3-5(8)6(9)10/h1-8,10,14,22H,9,11H2,(H,18,19)(H,20,21);5H,1-4,7-8H2,(H,9,10)/t;5-/m.0/s1. The molecule has 0 saturated carbocycles. The van der Waals surface area contributed by atoms with Crippen LogP contribution in [0.1, 0.15) is 35.2 Å². The predicted octanol–water partition coefficient (Wildman–Crippen LogP) is 2.64. The van der Waals surface area contributed by atoms with E-state index in [1.807, 2.05) is 30.3 Å². The van der Waals surface area contributed by atoms with Gasteiger partial charge in [0.2, 0.25) is 5.91 Å². The van der Waals surface area contributed by atoms with Crippen LogP contribution < -0.4 is 16.8 Å². The molecule has 0 bridgehead atoms. The van der Waals surface area contributed by atoms with Crippen molar-refractivity contribution in [1.29, 1.82) is 0 Å². The Morgan fingerprint density at radius 3 is 2.25 bits per heavy atom. The molecule has 2 aromatic rings. The van der Waals surface area contributed by atoms with Crippen molar-refractivity contribution >= 4 is 36.2 Å². The molecule has 0 heterocycles. The molecule has 32 heavy (non-hydrogen) atoms. The van der Waals surface area contributed by atoms with Crippen molar-refractivity contribution < 1.29 is 24.6 Å². The van der Waals surface area contributed by atoms with Crippen LogP contribution in [0.15, 0.2) is 54.6 Å². The first-order chi connectivity index (χ1) is 15.3. The Labute approximate surface area is 193 Å². The summed E-state index contributed by atoms with van der Waals surface area (Å²) in [6, 6.07) is 15.2. The topological polar surface area (TPSA) is 156 Å². The fourth-order valence-electron chi connectivity index (χ4n) is 2.75. The maximum Gasteiger partial charge on any atom is 0.335 e.